The molecular formula is C21H25ClN2O2. The van der Waals surface area contributed by atoms with Crippen LogP contribution < -0.4 is 9.64 Å². The van der Waals surface area contributed by atoms with Crippen molar-refractivity contribution < 1.29 is 9.53 Å². The third-order valence-corrected chi connectivity index (χ3v) is 5.26. The molecule has 5 heteroatoms. The molecule has 0 aromatic heterocycles. The standard InChI is InChI=1S/C21H25ClN2O2/c1-4-26-20-9-8-17(14-18(20)22)21(25)24-12-10-23(11-13-24)19-7-5-6-15(2)16(19)3/h5-9,14H,4,10-13H2,1-3H3. The minimum atomic E-state index is 0.0237. The minimum absolute atomic E-state index is 0.0237. The summed E-state index contributed by atoms with van der Waals surface area (Å²) in [5, 5.41) is 0.478. The highest BCUT2D eigenvalue weighted by Gasteiger charge is 2.23. The molecule has 0 radical (unpaired) electrons. The maximum Gasteiger partial charge on any atom is 0.254 e. The summed E-state index contributed by atoms with van der Waals surface area (Å²) in [4.78, 5) is 17.0. The van der Waals surface area contributed by atoms with Crippen LogP contribution in [0.1, 0.15) is 28.4 Å². The van der Waals surface area contributed by atoms with Gasteiger partial charge in [-0.3, -0.25) is 4.79 Å². The molecule has 2 aromatic carbocycles. The van der Waals surface area contributed by atoms with Crippen molar-refractivity contribution in [3.63, 3.8) is 0 Å². The highest BCUT2D eigenvalue weighted by molar-refractivity contribution is 6.32. The Morgan fingerprint density at radius 2 is 1.85 bits per heavy atom. The van der Waals surface area contributed by atoms with Crippen LogP contribution in [0.15, 0.2) is 36.4 Å². The molecule has 3 rings (SSSR count). The lowest BCUT2D eigenvalue weighted by atomic mass is 10.1. The van der Waals surface area contributed by atoms with Gasteiger partial charge in [0.05, 0.1) is 11.6 Å². The second-order valence-corrected chi connectivity index (χ2v) is 6.98. The Morgan fingerprint density at radius 3 is 2.50 bits per heavy atom. The van der Waals surface area contributed by atoms with E-state index in [-0.39, 0.29) is 5.91 Å². The molecule has 1 heterocycles. The number of aryl methyl sites for hydroxylation is 1. The molecule has 0 bridgehead atoms. The number of anilines is 1. The van der Waals surface area contributed by atoms with E-state index in [1.807, 2.05) is 11.8 Å². The first-order chi connectivity index (χ1) is 12.5. The SMILES string of the molecule is CCOc1ccc(C(=O)N2CCN(c3cccc(C)c3C)CC2)cc1Cl. The summed E-state index contributed by atoms with van der Waals surface area (Å²) < 4.78 is 5.44. The van der Waals surface area contributed by atoms with E-state index >= 15 is 0 Å². The first-order valence-corrected chi connectivity index (χ1v) is 9.42. The Kier molecular flexibility index (Phi) is 5.72. The van der Waals surface area contributed by atoms with Gasteiger partial charge in [0.1, 0.15) is 5.75 Å². The zero-order valence-corrected chi connectivity index (χ0v) is 16.3. The normalized spacial score (nSPS) is 14.5. The summed E-state index contributed by atoms with van der Waals surface area (Å²) >= 11 is 6.22. The third-order valence-electron chi connectivity index (χ3n) is 4.96. The van der Waals surface area contributed by atoms with Crippen LogP contribution in [0.2, 0.25) is 5.02 Å². The van der Waals surface area contributed by atoms with Crippen LogP contribution >= 0.6 is 11.6 Å². The lowest BCUT2D eigenvalue weighted by molar-refractivity contribution is 0.0746. The maximum atomic E-state index is 12.8. The number of ether oxygens (including phenoxy) is 1. The Hall–Kier alpha value is -2.20. The van der Waals surface area contributed by atoms with Crippen molar-refractivity contribution in [2.45, 2.75) is 20.8 Å². The molecular weight excluding hydrogens is 348 g/mol. The van der Waals surface area contributed by atoms with Gasteiger partial charge in [-0.25, -0.2) is 0 Å². The molecule has 4 nitrogen and oxygen atoms in total. The average Bonchev–Trinajstić information content (AvgIpc) is 2.65. The largest absolute Gasteiger partial charge is 0.492 e. The van der Waals surface area contributed by atoms with Gasteiger partial charge in [-0.2, -0.15) is 0 Å². The van der Waals surface area contributed by atoms with Crippen molar-refractivity contribution >= 4 is 23.2 Å². The molecule has 1 amide bonds. The first-order valence-electron chi connectivity index (χ1n) is 9.04. The number of carbonyl (C=O) groups excluding carboxylic acids is 1. The second-order valence-electron chi connectivity index (χ2n) is 6.58. The Labute approximate surface area is 160 Å². The molecule has 0 aliphatic carbocycles. The molecule has 26 heavy (non-hydrogen) atoms. The molecule has 1 saturated heterocycles. The van der Waals surface area contributed by atoms with Gasteiger partial charge in [-0.1, -0.05) is 23.7 Å². The number of amides is 1. The highest BCUT2D eigenvalue weighted by atomic mass is 35.5. The monoisotopic (exact) mass is 372 g/mol. The van der Waals surface area contributed by atoms with Crippen molar-refractivity contribution in [2.24, 2.45) is 0 Å². The Balaban J connectivity index is 1.67. The van der Waals surface area contributed by atoms with Crippen LogP contribution in [0.3, 0.4) is 0 Å². The number of benzene rings is 2. The number of carbonyl (C=O) groups is 1. The fourth-order valence-corrected chi connectivity index (χ4v) is 3.55. The molecule has 0 unspecified atom stereocenters. The van der Waals surface area contributed by atoms with Gasteiger partial charge < -0.3 is 14.5 Å². The topological polar surface area (TPSA) is 32.8 Å². The van der Waals surface area contributed by atoms with E-state index in [1.54, 1.807) is 18.2 Å². The van der Waals surface area contributed by atoms with Crippen molar-refractivity contribution in [3.05, 3.63) is 58.1 Å². The van der Waals surface area contributed by atoms with Crippen LogP contribution in [0.4, 0.5) is 5.69 Å². The first kappa shape index (κ1) is 18.6. The summed E-state index contributed by atoms with van der Waals surface area (Å²) in [6.07, 6.45) is 0. The predicted octanol–water partition coefficient (Wildman–Crippen LogP) is 4.32. The number of hydrogen-bond acceptors (Lipinski definition) is 3. The van der Waals surface area contributed by atoms with Crippen molar-refractivity contribution in [1.29, 1.82) is 0 Å². The van der Waals surface area contributed by atoms with Gasteiger partial charge in [0.15, 0.2) is 0 Å². The third kappa shape index (κ3) is 3.80. The van der Waals surface area contributed by atoms with Crippen molar-refractivity contribution in [1.82, 2.24) is 4.90 Å². The lowest BCUT2D eigenvalue weighted by Crippen LogP contribution is -2.49. The van der Waals surface area contributed by atoms with Crippen LogP contribution in [0.25, 0.3) is 0 Å². The molecule has 1 aliphatic rings. The minimum Gasteiger partial charge on any atom is -0.492 e. The van der Waals surface area contributed by atoms with Crippen molar-refractivity contribution in [3.8, 4) is 5.75 Å². The number of nitrogens with zero attached hydrogens (tertiary/aromatic N) is 2. The summed E-state index contributed by atoms with van der Waals surface area (Å²) in [5.74, 6) is 0.640. The Bertz CT molecular complexity index is 799. The van der Waals surface area contributed by atoms with Gasteiger partial charge in [0.2, 0.25) is 0 Å². The summed E-state index contributed by atoms with van der Waals surface area (Å²) in [5.41, 5.74) is 4.48. The van der Waals surface area contributed by atoms with Gasteiger partial charge in [-0.15, -0.1) is 0 Å². The molecule has 0 atom stereocenters. The molecule has 0 spiro atoms. The summed E-state index contributed by atoms with van der Waals surface area (Å²) in [6, 6.07) is 11.6. The highest BCUT2D eigenvalue weighted by Crippen LogP contribution is 2.27. The van der Waals surface area contributed by atoms with Crippen LogP contribution in [0, 0.1) is 13.8 Å². The Morgan fingerprint density at radius 1 is 1.12 bits per heavy atom. The zero-order chi connectivity index (χ0) is 18.7. The predicted molar refractivity (Wildman–Crippen MR) is 107 cm³/mol. The number of piperazine rings is 1. The molecule has 138 valence electrons. The van der Waals surface area contributed by atoms with Gasteiger partial charge in [0, 0.05) is 37.4 Å². The molecule has 1 fully saturated rings. The van der Waals surface area contributed by atoms with Gasteiger partial charge >= 0.3 is 0 Å². The van der Waals surface area contributed by atoms with E-state index in [9.17, 15) is 4.79 Å². The van der Waals surface area contributed by atoms with E-state index in [2.05, 4.69) is 36.9 Å². The average molecular weight is 373 g/mol. The van der Waals surface area contributed by atoms with Crippen LogP contribution in [0.5, 0.6) is 5.75 Å². The van der Waals surface area contributed by atoms with E-state index in [0.29, 0.717) is 36.0 Å². The van der Waals surface area contributed by atoms with Gasteiger partial charge in [-0.05, 0) is 56.2 Å². The van der Waals surface area contributed by atoms with Crippen molar-refractivity contribution in [2.75, 3.05) is 37.7 Å². The van der Waals surface area contributed by atoms with E-state index < -0.39 is 0 Å². The van der Waals surface area contributed by atoms with Crippen LogP contribution in [-0.2, 0) is 0 Å². The van der Waals surface area contributed by atoms with E-state index in [1.165, 1.54) is 16.8 Å². The smallest absolute Gasteiger partial charge is 0.254 e. The quantitative estimate of drug-likeness (QED) is 0.801. The molecule has 0 saturated carbocycles. The van der Waals surface area contributed by atoms with Gasteiger partial charge in [0.25, 0.3) is 5.91 Å². The number of hydrogen-bond donors (Lipinski definition) is 0. The fourth-order valence-electron chi connectivity index (χ4n) is 3.32. The summed E-state index contributed by atoms with van der Waals surface area (Å²) in [7, 11) is 0. The van der Waals surface area contributed by atoms with E-state index in [4.69, 9.17) is 16.3 Å². The zero-order valence-electron chi connectivity index (χ0n) is 15.6. The maximum absolute atomic E-state index is 12.8. The summed E-state index contributed by atoms with van der Waals surface area (Å²) in [6.45, 7) is 9.83. The molecule has 1 aliphatic heterocycles. The fraction of sp³-hybridized carbons (Fsp3) is 0.381. The van der Waals surface area contributed by atoms with E-state index in [0.717, 1.165) is 13.1 Å². The second kappa shape index (κ2) is 8.00. The number of halogens is 1. The lowest BCUT2D eigenvalue weighted by Gasteiger charge is -2.37. The molecule has 0 N–H and O–H groups in total. The number of rotatable bonds is 4. The van der Waals surface area contributed by atoms with Crippen LogP contribution in [-0.4, -0.2) is 43.6 Å². The molecule has 2 aromatic rings.